The first-order valence-corrected chi connectivity index (χ1v) is 8.06. The second-order valence-corrected chi connectivity index (χ2v) is 7.19. The maximum Gasteiger partial charge on any atom is 0.263 e. The van der Waals surface area contributed by atoms with Crippen molar-refractivity contribution >= 4 is 17.2 Å². The summed E-state index contributed by atoms with van der Waals surface area (Å²) in [7, 11) is 1.63. The molecule has 0 radical (unpaired) electrons. The minimum absolute atomic E-state index is 0.104. The molecule has 120 valence electrons. The van der Waals surface area contributed by atoms with Crippen molar-refractivity contribution in [2.24, 2.45) is 11.7 Å². The quantitative estimate of drug-likeness (QED) is 0.811. The Labute approximate surface area is 131 Å². The van der Waals surface area contributed by atoms with Crippen LogP contribution >= 0.6 is 11.3 Å². The van der Waals surface area contributed by atoms with Crippen molar-refractivity contribution in [3.63, 3.8) is 0 Å². The summed E-state index contributed by atoms with van der Waals surface area (Å²) >= 11 is 1.38. The van der Waals surface area contributed by atoms with Crippen molar-refractivity contribution < 1.29 is 9.53 Å². The van der Waals surface area contributed by atoms with Gasteiger partial charge in [0.1, 0.15) is 16.0 Å². The second-order valence-electron chi connectivity index (χ2n) is 6.16. The molecule has 5 nitrogen and oxygen atoms in total. The molecule has 21 heavy (non-hydrogen) atoms. The summed E-state index contributed by atoms with van der Waals surface area (Å²) in [6.45, 7) is 10.4. The van der Waals surface area contributed by atoms with Gasteiger partial charge in [-0.2, -0.15) is 0 Å². The third-order valence-electron chi connectivity index (χ3n) is 3.45. The van der Waals surface area contributed by atoms with Crippen LogP contribution < -0.4 is 11.1 Å². The molecule has 6 heteroatoms. The Bertz CT molecular complexity index is 487. The summed E-state index contributed by atoms with van der Waals surface area (Å²) in [6.07, 6.45) is 0.737. The first-order chi connectivity index (χ1) is 9.72. The Hall–Kier alpha value is -0.980. The van der Waals surface area contributed by atoms with Crippen LogP contribution in [0, 0.1) is 12.8 Å². The summed E-state index contributed by atoms with van der Waals surface area (Å²) in [5, 5.41) is 3.89. The molecule has 0 spiro atoms. The van der Waals surface area contributed by atoms with Gasteiger partial charge in [-0.3, -0.25) is 4.79 Å². The average Bonchev–Trinajstić information content (AvgIpc) is 2.79. The lowest BCUT2D eigenvalue weighted by Gasteiger charge is -2.31. The number of rotatable bonds is 7. The van der Waals surface area contributed by atoms with Gasteiger partial charge in [0.05, 0.1) is 11.2 Å². The molecule has 0 unspecified atom stereocenters. The molecule has 0 aliphatic heterocycles. The van der Waals surface area contributed by atoms with E-state index in [1.807, 2.05) is 20.8 Å². The van der Waals surface area contributed by atoms with Gasteiger partial charge >= 0.3 is 0 Å². The number of carbonyl (C=O) groups excluding carboxylic acids is 1. The summed E-state index contributed by atoms with van der Waals surface area (Å²) in [5.41, 5.74) is 6.19. The first kappa shape index (κ1) is 18.1. The lowest BCUT2D eigenvalue weighted by atomic mass is 9.90. The SMILES string of the molecule is CO[C@@H](C)c1nc(C)c(C(=O)N[C@](C)(CN)CC(C)C)s1. The Balaban J connectivity index is 2.91. The number of carbonyl (C=O) groups is 1. The van der Waals surface area contributed by atoms with Crippen LogP contribution in [0.4, 0.5) is 0 Å². The van der Waals surface area contributed by atoms with Crippen LogP contribution in [-0.2, 0) is 4.74 Å². The van der Waals surface area contributed by atoms with Gasteiger partial charge in [-0.1, -0.05) is 13.8 Å². The molecule has 0 aliphatic carbocycles. The van der Waals surface area contributed by atoms with Crippen molar-refractivity contribution in [3.05, 3.63) is 15.6 Å². The number of nitrogens with zero attached hydrogens (tertiary/aromatic N) is 1. The van der Waals surface area contributed by atoms with Gasteiger partial charge in [0.15, 0.2) is 0 Å². The van der Waals surface area contributed by atoms with Crippen LogP contribution in [-0.4, -0.2) is 30.1 Å². The van der Waals surface area contributed by atoms with E-state index in [4.69, 9.17) is 10.5 Å². The highest BCUT2D eigenvalue weighted by Crippen LogP contribution is 2.26. The molecule has 1 rings (SSSR count). The van der Waals surface area contributed by atoms with Gasteiger partial charge < -0.3 is 15.8 Å². The molecule has 1 heterocycles. The van der Waals surface area contributed by atoms with E-state index in [0.717, 1.165) is 17.1 Å². The standard InChI is InChI=1S/C15H27N3O2S/c1-9(2)7-15(5,8-16)18-13(19)12-10(3)17-14(21-12)11(4)20-6/h9,11H,7-8,16H2,1-6H3,(H,18,19)/t11-,15-/m0/s1. The van der Waals surface area contributed by atoms with E-state index >= 15 is 0 Å². The van der Waals surface area contributed by atoms with Crippen molar-refractivity contribution in [1.82, 2.24) is 10.3 Å². The minimum atomic E-state index is -0.394. The van der Waals surface area contributed by atoms with Gasteiger partial charge in [-0.15, -0.1) is 11.3 Å². The fourth-order valence-electron chi connectivity index (χ4n) is 2.32. The molecular formula is C15H27N3O2S. The fourth-order valence-corrected chi connectivity index (χ4v) is 3.31. The van der Waals surface area contributed by atoms with Crippen molar-refractivity contribution in [1.29, 1.82) is 0 Å². The zero-order valence-corrected chi connectivity index (χ0v) is 14.6. The van der Waals surface area contributed by atoms with Gasteiger partial charge in [-0.25, -0.2) is 4.98 Å². The summed E-state index contributed by atoms with van der Waals surface area (Å²) in [4.78, 5) is 17.6. The minimum Gasteiger partial charge on any atom is -0.375 e. The van der Waals surface area contributed by atoms with Crippen LogP contribution in [0.1, 0.15) is 60.6 Å². The van der Waals surface area contributed by atoms with E-state index in [9.17, 15) is 4.79 Å². The predicted octanol–water partition coefficient (Wildman–Crippen LogP) is 2.65. The highest BCUT2D eigenvalue weighted by molar-refractivity contribution is 7.13. The number of thiazole rings is 1. The molecule has 0 aromatic carbocycles. The molecule has 1 aromatic heterocycles. The summed E-state index contributed by atoms with van der Waals surface area (Å²) in [5.74, 6) is 0.360. The smallest absolute Gasteiger partial charge is 0.263 e. The fraction of sp³-hybridized carbons (Fsp3) is 0.733. The van der Waals surface area contributed by atoms with Gasteiger partial charge in [-0.05, 0) is 33.1 Å². The Morgan fingerprint density at radius 2 is 2.10 bits per heavy atom. The van der Waals surface area contributed by atoms with Gasteiger partial charge in [0.25, 0.3) is 5.91 Å². The number of amides is 1. The molecule has 0 saturated heterocycles. The third-order valence-corrected chi connectivity index (χ3v) is 4.76. The normalized spacial score (nSPS) is 15.8. The average molecular weight is 313 g/mol. The Kier molecular flexibility index (Phi) is 6.31. The lowest BCUT2D eigenvalue weighted by Crippen LogP contribution is -2.52. The van der Waals surface area contributed by atoms with Crippen molar-refractivity contribution in [2.75, 3.05) is 13.7 Å². The number of hydrogen-bond donors (Lipinski definition) is 2. The maximum atomic E-state index is 12.5. The van der Waals surface area contributed by atoms with E-state index in [0.29, 0.717) is 17.3 Å². The molecule has 3 N–H and O–H groups in total. The highest BCUT2D eigenvalue weighted by Gasteiger charge is 2.28. The van der Waals surface area contributed by atoms with Crippen molar-refractivity contribution in [2.45, 2.75) is 52.7 Å². The van der Waals surface area contributed by atoms with E-state index in [2.05, 4.69) is 24.1 Å². The molecule has 0 fully saturated rings. The highest BCUT2D eigenvalue weighted by atomic mass is 32.1. The number of aryl methyl sites for hydroxylation is 1. The van der Waals surface area contributed by atoms with Crippen LogP contribution in [0.25, 0.3) is 0 Å². The second kappa shape index (κ2) is 7.33. The maximum absolute atomic E-state index is 12.5. The van der Waals surface area contributed by atoms with E-state index in [-0.39, 0.29) is 12.0 Å². The van der Waals surface area contributed by atoms with Crippen LogP contribution in [0.5, 0.6) is 0 Å². The molecule has 0 saturated carbocycles. The molecule has 1 aromatic rings. The van der Waals surface area contributed by atoms with Crippen molar-refractivity contribution in [3.8, 4) is 0 Å². The number of aromatic nitrogens is 1. The largest absolute Gasteiger partial charge is 0.375 e. The van der Waals surface area contributed by atoms with Crippen LogP contribution in [0.3, 0.4) is 0 Å². The molecule has 2 atom stereocenters. The van der Waals surface area contributed by atoms with E-state index in [1.54, 1.807) is 7.11 Å². The zero-order valence-electron chi connectivity index (χ0n) is 13.8. The van der Waals surface area contributed by atoms with Gasteiger partial charge in [0, 0.05) is 13.7 Å². The summed E-state index contributed by atoms with van der Waals surface area (Å²) < 4.78 is 5.26. The molecular weight excluding hydrogens is 286 g/mol. The van der Waals surface area contributed by atoms with E-state index in [1.165, 1.54) is 11.3 Å². The number of nitrogens with two attached hydrogens (primary N) is 1. The van der Waals surface area contributed by atoms with E-state index < -0.39 is 5.54 Å². The predicted molar refractivity (Wildman–Crippen MR) is 86.7 cm³/mol. The number of methoxy groups -OCH3 is 1. The Morgan fingerprint density at radius 3 is 2.57 bits per heavy atom. The first-order valence-electron chi connectivity index (χ1n) is 7.25. The van der Waals surface area contributed by atoms with Gasteiger partial charge in [0.2, 0.25) is 0 Å². The summed E-state index contributed by atoms with van der Waals surface area (Å²) in [6, 6.07) is 0. The molecule has 1 amide bonds. The monoisotopic (exact) mass is 313 g/mol. The van der Waals surface area contributed by atoms with Crippen LogP contribution in [0.2, 0.25) is 0 Å². The molecule has 0 aliphatic rings. The number of nitrogens with one attached hydrogen (secondary N) is 1. The zero-order chi connectivity index (χ0) is 16.2. The Morgan fingerprint density at radius 1 is 1.48 bits per heavy atom. The van der Waals surface area contributed by atoms with Crippen LogP contribution in [0.15, 0.2) is 0 Å². The number of ether oxygens (including phenoxy) is 1. The third kappa shape index (κ3) is 4.76. The lowest BCUT2D eigenvalue weighted by molar-refractivity contribution is 0.0901. The topological polar surface area (TPSA) is 77.2 Å². The molecule has 0 bridgehead atoms. The number of hydrogen-bond acceptors (Lipinski definition) is 5.